The van der Waals surface area contributed by atoms with E-state index in [0.29, 0.717) is 28.9 Å². The van der Waals surface area contributed by atoms with Gasteiger partial charge in [-0.3, -0.25) is 4.79 Å². The number of urea groups is 1. The van der Waals surface area contributed by atoms with E-state index in [1.807, 2.05) is 0 Å². The Balaban J connectivity index is 1.55. The van der Waals surface area contributed by atoms with Gasteiger partial charge in [-0.15, -0.1) is 0 Å². The van der Waals surface area contributed by atoms with Crippen molar-refractivity contribution >= 4 is 29.4 Å². The Morgan fingerprint density at radius 2 is 1.50 bits per heavy atom. The zero-order valence-corrected chi connectivity index (χ0v) is 15.8. The first-order chi connectivity index (χ1) is 13.6. The lowest BCUT2D eigenvalue weighted by Crippen LogP contribution is -2.30. The minimum absolute atomic E-state index is 0.212. The van der Waals surface area contributed by atoms with Gasteiger partial charge in [0, 0.05) is 29.6 Å². The quantitative estimate of drug-likeness (QED) is 0.639. The van der Waals surface area contributed by atoms with E-state index in [1.165, 1.54) is 6.08 Å². The predicted octanol–water partition coefficient (Wildman–Crippen LogP) is 3.64. The van der Waals surface area contributed by atoms with E-state index in [0.717, 1.165) is 18.4 Å². The summed E-state index contributed by atoms with van der Waals surface area (Å²) >= 11 is 0. The Morgan fingerprint density at radius 1 is 0.929 bits per heavy atom. The zero-order valence-electron chi connectivity index (χ0n) is 15.8. The molecule has 3 amide bonds. The van der Waals surface area contributed by atoms with Crippen molar-refractivity contribution in [2.45, 2.75) is 18.9 Å². The summed E-state index contributed by atoms with van der Waals surface area (Å²) in [6, 6.07) is 12.4. The van der Waals surface area contributed by atoms with E-state index < -0.39 is 0 Å². The second-order valence-electron chi connectivity index (χ2n) is 6.42. The summed E-state index contributed by atoms with van der Waals surface area (Å²) in [5.41, 5.74) is 2.08. The molecule has 7 nitrogen and oxygen atoms in total. The molecule has 0 radical (unpaired) electrons. The van der Waals surface area contributed by atoms with Gasteiger partial charge in [0.2, 0.25) is 5.91 Å². The Kier molecular flexibility index (Phi) is 6.16. The van der Waals surface area contributed by atoms with Crippen molar-refractivity contribution in [3.05, 3.63) is 54.1 Å². The summed E-state index contributed by atoms with van der Waals surface area (Å²) in [5.74, 6) is 1.02. The van der Waals surface area contributed by atoms with Crippen LogP contribution in [0.1, 0.15) is 18.4 Å². The average molecular weight is 381 g/mol. The Bertz CT molecular complexity index is 851. The highest BCUT2D eigenvalue weighted by Gasteiger charge is 2.23. The number of benzene rings is 2. The van der Waals surface area contributed by atoms with Gasteiger partial charge in [0.1, 0.15) is 11.5 Å². The molecule has 1 fully saturated rings. The third-order valence-electron chi connectivity index (χ3n) is 4.12. The zero-order chi connectivity index (χ0) is 19.9. The van der Waals surface area contributed by atoms with Gasteiger partial charge in [0.05, 0.1) is 14.2 Å². The SMILES string of the molecule is COc1cc(/C=C/C(=O)Nc2ccc(NC(=O)NC3CC3)cc2)cc(OC)c1. The molecule has 146 valence electrons. The van der Waals surface area contributed by atoms with Crippen molar-refractivity contribution in [3.63, 3.8) is 0 Å². The van der Waals surface area contributed by atoms with Gasteiger partial charge >= 0.3 is 6.03 Å². The standard InChI is InChI=1S/C21H23N3O4/c1-27-18-11-14(12-19(13-18)28-2)3-10-20(25)22-15-4-6-16(7-5-15)23-21(26)24-17-8-9-17/h3-7,10-13,17H,8-9H2,1-2H3,(H,22,25)(H2,23,24,26)/b10-3+. The minimum Gasteiger partial charge on any atom is -0.497 e. The van der Waals surface area contributed by atoms with Crippen molar-refractivity contribution in [1.82, 2.24) is 5.32 Å². The molecular weight excluding hydrogens is 358 g/mol. The van der Waals surface area contributed by atoms with Crippen LogP contribution in [0.2, 0.25) is 0 Å². The average Bonchev–Trinajstić information content (AvgIpc) is 3.51. The highest BCUT2D eigenvalue weighted by molar-refractivity contribution is 6.02. The Labute approximate surface area is 163 Å². The van der Waals surface area contributed by atoms with Crippen LogP contribution in [0, 0.1) is 0 Å². The summed E-state index contributed by atoms with van der Waals surface area (Å²) < 4.78 is 10.4. The first-order valence-electron chi connectivity index (χ1n) is 8.95. The van der Waals surface area contributed by atoms with Crippen LogP contribution >= 0.6 is 0 Å². The number of hydrogen-bond donors (Lipinski definition) is 3. The van der Waals surface area contributed by atoms with Gasteiger partial charge in [0.25, 0.3) is 0 Å². The normalized spacial score (nSPS) is 13.1. The molecule has 1 aliphatic rings. The molecule has 0 aliphatic heterocycles. The van der Waals surface area contributed by atoms with Crippen LogP contribution in [0.5, 0.6) is 11.5 Å². The molecule has 7 heteroatoms. The maximum Gasteiger partial charge on any atom is 0.319 e. The molecule has 0 spiro atoms. The summed E-state index contributed by atoms with van der Waals surface area (Å²) in [4.78, 5) is 23.9. The fourth-order valence-electron chi connectivity index (χ4n) is 2.50. The van der Waals surface area contributed by atoms with Crippen LogP contribution < -0.4 is 25.4 Å². The van der Waals surface area contributed by atoms with Gasteiger partial charge in [-0.25, -0.2) is 4.79 Å². The molecule has 2 aromatic carbocycles. The number of carbonyl (C=O) groups is 2. The molecule has 1 aliphatic carbocycles. The van der Waals surface area contributed by atoms with Crippen molar-refractivity contribution < 1.29 is 19.1 Å². The second kappa shape index (κ2) is 8.94. The molecule has 0 saturated heterocycles. The van der Waals surface area contributed by atoms with Gasteiger partial charge in [-0.2, -0.15) is 0 Å². The maximum atomic E-state index is 12.1. The molecule has 3 N–H and O–H groups in total. The number of nitrogens with one attached hydrogen (secondary N) is 3. The van der Waals surface area contributed by atoms with E-state index in [-0.39, 0.29) is 11.9 Å². The van der Waals surface area contributed by atoms with Crippen LogP contribution in [-0.4, -0.2) is 32.2 Å². The van der Waals surface area contributed by atoms with E-state index in [4.69, 9.17) is 9.47 Å². The summed E-state index contributed by atoms with van der Waals surface area (Å²) in [5, 5.41) is 8.39. The molecule has 3 rings (SSSR count). The van der Waals surface area contributed by atoms with E-state index >= 15 is 0 Å². The van der Waals surface area contributed by atoms with Crippen LogP contribution in [-0.2, 0) is 4.79 Å². The van der Waals surface area contributed by atoms with Gasteiger partial charge < -0.3 is 25.4 Å². The molecule has 0 bridgehead atoms. The molecule has 2 aromatic rings. The third kappa shape index (κ3) is 5.77. The molecule has 0 unspecified atom stereocenters. The van der Waals surface area contributed by atoms with Crippen molar-refractivity contribution in [3.8, 4) is 11.5 Å². The summed E-state index contributed by atoms with van der Waals surface area (Å²) in [6.45, 7) is 0. The lowest BCUT2D eigenvalue weighted by molar-refractivity contribution is -0.111. The second-order valence-corrected chi connectivity index (χ2v) is 6.42. The molecule has 0 aromatic heterocycles. The topological polar surface area (TPSA) is 88.7 Å². The number of amides is 3. The van der Waals surface area contributed by atoms with Crippen molar-refractivity contribution in [1.29, 1.82) is 0 Å². The summed E-state index contributed by atoms with van der Waals surface area (Å²) in [7, 11) is 3.14. The fraction of sp³-hybridized carbons (Fsp3) is 0.238. The first-order valence-corrected chi connectivity index (χ1v) is 8.95. The van der Waals surface area contributed by atoms with E-state index in [1.54, 1.807) is 62.8 Å². The number of ether oxygens (including phenoxy) is 2. The van der Waals surface area contributed by atoms with E-state index in [9.17, 15) is 9.59 Å². The fourth-order valence-corrected chi connectivity index (χ4v) is 2.50. The van der Waals surface area contributed by atoms with Crippen LogP contribution in [0.25, 0.3) is 6.08 Å². The van der Waals surface area contributed by atoms with Gasteiger partial charge in [0.15, 0.2) is 0 Å². The van der Waals surface area contributed by atoms with Crippen LogP contribution in [0.3, 0.4) is 0 Å². The minimum atomic E-state index is -0.269. The van der Waals surface area contributed by atoms with E-state index in [2.05, 4.69) is 16.0 Å². The number of methoxy groups -OCH3 is 2. The highest BCUT2D eigenvalue weighted by Crippen LogP contribution is 2.23. The van der Waals surface area contributed by atoms with Crippen molar-refractivity contribution in [2.24, 2.45) is 0 Å². The largest absolute Gasteiger partial charge is 0.497 e. The van der Waals surface area contributed by atoms with Crippen LogP contribution in [0.15, 0.2) is 48.5 Å². The number of hydrogen-bond acceptors (Lipinski definition) is 4. The molecule has 0 heterocycles. The lowest BCUT2D eigenvalue weighted by atomic mass is 10.2. The van der Waals surface area contributed by atoms with Gasteiger partial charge in [-0.1, -0.05) is 0 Å². The third-order valence-corrected chi connectivity index (χ3v) is 4.12. The molecule has 0 atom stereocenters. The first kappa shape index (κ1) is 19.3. The lowest BCUT2D eigenvalue weighted by Gasteiger charge is -2.08. The van der Waals surface area contributed by atoms with Gasteiger partial charge in [-0.05, 0) is 60.9 Å². The number of anilines is 2. The molecular formula is C21H23N3O4. The molecule has 1 saturated carbocycles. The maximum absolute atomic E-state index is 12.1. The highest BCUT2D eigenvalue weighted by atomic mass is 16.5. The predicted molar refractivity (Wildman–Crippen MR) is 109 cm³/mol. The van der Waals surface area contributed by atoms with Crippen molar-refractivity contribution in [2.75, 3.05) is 24.9 Å². The van der Waals surface area contributed by atoms with Crippen LogP contribution in [0.4, 0.5) is 16.2 Å². The summed E-state index contributed by atoms with van der Waals surface area (Å²) in [6.07, 6.45) is 5.19. The smallest absolute Gasteiger partial charge is 0.319 e. The monoisotopic (exact) mass is 381 g/mol. The number of rotatable bonds is 7. The Morgan fingerprint density at radius 3 is 2.04 bits per heavy atom. The Hall–Kier alpha value is -3.48. The number of carbonyl (C=O) groups excluding carboxylic acids is 2. The molecule has 28 heavy (non-hydrogen) atoms.